The summed E-state index contributed by atoms with van der Waals surface area (Å²) >= 11 is 7.42. The number of benzene rings is 3. The van der Waals surface area contributed by atoms with Gasteiger partial charge in [-0.05, 0) is 72.8 Å². The van der Waals surface area contributed by atoms with Crippen LogP contribution in [-0.4, -0.2) is 27.2 Å². The quantitative estimate of drug-likeness (QED) is 0.411. The molecule has 3 aromatic rings. The zero-order valence-electron chi connectivity index (χ0n) is 16.7. The molecule has 0 aliphatic heterocycles. The SMILES string of the molecule is COc1ccc(NS(=O)(=O)c2ccc(NC(=O)CCSc3ccc(Cl)cc3)cc2)cc1. The van der Waals surface area contributed by atoms with Gasteiger partial charge < -0.3 is 10.1 Å². The molecule has 1 amide bonds. The minimum atomic E-state index is -3.74. The van der Waals surface area contributed by atoms with Crippen LogP contribution in [0, 0.1) is 0 Å². The average Bonchev–Trinajstić information content (AvgIpc) is 2.76. The van der Waals surface area contributed by atoms with Crippen molar-refractivity contribution in [3.8, 4) is 5.75 Å². The summed E-state index contributed by atoms with van der Waals surface area (Å²) in [6.45, 7) is 0. The molecule has 0 radical (unpaired) electrons. The van der Waals surface area contributed by atoms with Gasteiger partial charge in [0, 0.05) is 33.5 Å². The number of nitrogens with one attached hydrogen (secondary N) is 2. The van der Waals surface area contributed by atoms with E-state index in [2.05, 4.69) is 10.0 Å². The van der Waals surface area contributed by atoms with Gasteiger partial charge in [0.05, 0.1) is 12.0 Å². The van der Waals surface area contributed by atoms with Crippen LogP contribution in [0.1, 0.15) is 6.42 Å². The van der Waals surface area contributed by atoms with Crippen molar-refractivity contribution in [1.29, 1.82) is 0 Å². The van der Waals surface area contributed by atoms with Crippen molar-refractivity contribution >= 4 is 50.7 Å². The fourth-order valence-corrected chi connectivity index (χ4v) is 4.64. The number of anilines is 2. The maximum Gasteiger partial charge on any atom is 0.261 e. The van der Waals surface area contributed by atoms with Crippen molar-refractivity contribution in [3.63, 3.8) is 0 Å². The predicted molar refractivity (Wildman–Crippen MR) is 126 cm³/mol. The summed E-state index contributed by atoms with van der Waals surface area (Å²) in [7, 11) is -2.20. The molecule has 9 heteroatoms. The zero-order chi connectivity index (χ0) is 22.3. The van der Waals surface area contributed by atoms with E-state index in [1.807, 2.05) is 24.3 Å². The predicted octanol–water partition coefficient (Wildman–Crippen LogP) is 5.27. The van der Waals surface area contributed by atoms with Crippen molar-refractivity contribution in [2.75, 3.05) is 22.9 Å². The fraction of sp³-hybridized carbons (Fsp3) is 0.136. The summed E-state index contributed by atoms with van der Waals surface area (Å²) in [4.78, 5) is 13.3. The molecule has 0 atom stereocenters. The van der Waals surface area contributed by atoms with Crippen LogP contribution < -0.4 is 14.8 Å². The number of ether oxygens (including phenoxy) is 1. The molecule has 0 aliphatic carbocycles. The smallest absolute Gasteiger partial charge is 0.261 e. The van der Waals surface area contributed by atoms with E-state index in [9.17, 15) is 13.2 Å². The molecule has 0 heterocycles. The third-order valence-electron chi connectivity index (χ3n) is 4.20. The molecule has 31 heavy (non-hydrogen) atoms. The second-order valence-corrected chi connectivity index (χ2v) is 9.75. The van der Waals surface area contributed by atoms with E-state index < -0.39 is 10.0 Å². The Morgan fingerprint density at radius 2 is 1.55 bits per heavy atom. The number of hydrogen-bond donors (Lipinski definition) is 2. The summed E-state index contributed by atoms with van der Waals surface area (Å²) in [6.07, 6.45) is 0.326. The van der Waals surface area contributed by atoms with E-state index in [0.717, 1.165) is 4.90 Å². The summed E-state index contributed by atoms with van der Waals surface area (Å²) in [5, 5.41) is 3.45. The molecule has 162 valence electrons. The number of hydrogen-bond acceptors (Lipinski definition) is 5. The van der Waals surface area contributed by atoms with E-state index in [0.29, 0.717) is 34.3 Å². The van der Waals surface area contributed by atoms with Crippen LogP contribution in [0.4, 0.5) is 11.4 Å². The zero-order valence-corrected chi connectivity index (χ0v) is 19.1. The van der Waals surface area contributed by atoms with Gasteiger partial charge in [0.25, 0.3) is 10.0 Å². The van der Waals surface area contributed by atoms with Crippen LogP contribution in [0.15, 0.2) is 82.6 Å². The van der Waals surface area contributed by atoms with Crippen molar-refractivity contribution in [1.82, 2.24) is 0 Å². The van der Waals surface area contributed by atoms with Crippen LogP contribution in [0.25, 0.3) is 0 Å². The molecule has 3 aromatic carbocycles. The first-order valence-corrected chi connectivity index (χ1v) is 12.2. The second-order valence-electron chi connectivity index (χ2n) is 6.46. The molecule has 0 spiro atoms. The molecule has 2 N–H and O–H groups in total. The van der Waals surface area contributed by atoms with Gasteiger partial charge in [0.1, 0.15) is 5.75 Å². The van der Waals surface area contributed by atoms with Crippen molar-refractivity contribution < 1.29 is 17.9 Å². The van der Waals surface area contributed by atoms with E-state index in [1.54, 1.807) is 48.2 Å². The monoisotopic (exact) mass is 476 g/mol. The topological polar surface area (TPSA) is 84.5 Å². The van der Waals surface area contributed by atoms with Crippen molar-refractivity contribution in [2.24, 2.45) is 0 Å². The first kappa shape index (κ1) is 23.0. The number of rotatable bonds is 9. The number of methoxy groups -OCH3 is 1. The van der Waals surface area contributed by atoms with Gasteiger partial charge in [-0.2, -0.15) is 0 Å². The first-order valence-electron chi connectivity index (χ1n) is 9.31. The summed E-state index contributed by atoms with van der Waals surface area (Å²) in [5.41, 5.74) is 0.959. The number of amides is 1. The Hall–Kier alpha value is -2.68. The van der Waals surface area contributed by atoms with Gasteiger partial charge >= 0.3 is 0 Å². The number of carbonyl (C=O) groups is 1. The Kier molecular flexibility index (Phi) is 7.84. The van der Waals surface area contributed by atoms with Gasteiger partial charge in [-0.25, -0.2) is 8.42 Å². The highest BCUT2D eigenvalue weighted by Gasteiger charge is 2.14. The van der Waals surface area contributed by atoms with Crippen LogP contribution in [0.3, 0.4) is 0 Å². The van der Waals surface area contributed by atoms with E-state index in [-0.39, 0.29) is 10.8 Å². The normalized spacial score (nSPS) is 11.0. The van der Waals surface area contributed by atoms with Gasteiger partial charge in [0.15, 0.2) is 0 Å². The summed E-state index contributed by atoms with van der Waals surface area (Å²) in [6, 6.07) is 20.0. The molecule has 0 saturated heterocycles. The molecule has 0 aliphatic rings. The first-order chi connectivity index (χ1) is 14.9. The molecular weight excluding hydrogens is 456 g/mol. The lowest BCUT2D eigenvalue weighted by Gasteiger charge is -2.10. The van der Waals surface area contributed by atoms with Crippen molar-refractivity contribution in [2.45, 2.75) is 16.2 Å². The number of thioether (sulfide) groups is 1. The standard InChI is InChI=1S/C22H21ClN2O4S2/c1-29-19-8-4-18(5-9-19)25-31(27,28)21-12-6-17(7-13-21)24-22(26)14-15-30-20-10-2-16(23)3-11-20/h2-13,25H,14-15H2,1H3,(H,24,26). The molecule has 3 rings (SSSR count). The maximum atomic E-state index is 12.5. The van der Waals surface area contributed by atoms with Crippen LogP contribution >= 0.6 is 23.4 Å². The van der Waals surface area contributed by atoms with Crippen LogP contribution in [-0.2, 0) is 14.8 Å². The molecule has 0 aromatic heterocycles. The fourth-order valence-electron chi connectivity index (χ4n) is 2.61. The second kappa shape index (κ2) is 10.6. The molecule has 0 fully saturated rings. The average molecular weight is 477 g/mol. The highest BCUT2D eigenvalue weighted by molar-refractivity contribution is 7.99. The molecule has 6 nitrogen and oxygen atoms in total. The largest absolute Gasteiger partial charge is 0.497 e. The van der Waals surface area contributed by atoms with Crippen LogP contribution in [0.2, 0.25) is 5.02 Å². The lowest BCUT2D eigenvalue weighted by Crippen LogP contribution is -2.14. The summed E-state index contributed by atoms with van der Waals surface area (Å²) in [5.74, 6) is 1.11. The van der Waals surface area contributed by atoms with Crippen molar-refractivity contribution in [3.05, 3.63) is 77.8 Å². The molecule has 0 saturated carbocycles. The Balaban J connectivity index is 1.52. The Morgan fingerprint density at radius 3 is 2.16 bits per heavy atom. The lowest BCUT2D eigenvalue weighted by molar-refractivity contribution is -0.115. The maximum absolute atomic E-state index is 12.5. The Labute approximate surface area is 191 Å². The van der Waals surface area contributed by atoms with Gasteiger partial charge in [-0.15, -0.1) is 11.8 Å². The Bertz CT molecular complexity index is 1120. The molecule has 0 unspecified atom stereocenters. The minimum Gasteiger partial charge on any atom is -0.497 e. The molecular formula is C22H21ClN2O4S2. The highest BCUT2D eigenvalue weighted by atomic mass is 35.5. The highest BCUT2D eigenvalue weighted by Crippen LogP contribution is 2.22. The Morgan fingerprint density at radius 1 is 0.935 bits per heavy atom. The van der Waals surface area contributed by atoms with Crippen LogP contribution in [0.5, 0.6) is 5.75 Å². The summed E-state index contributed by atoms with van der Waals surface area (Å²) < 4.78 is 32.7. The van der Waals surface area contributed by atoms with E-state index in [1.165, 1.54) is 19.2 Å². The minimum absolute atomic E-state index is 0.0969. The van der Waals surface area contributed by atoms with Gasteiger partial charge in [-0.1, -0.05) is 11.6 Å². The lowest BCUT2D eigenvalue weighted by atomic mass is 10.3. The van der Waals surface area contributed by atoms with E-state index in [4.69, 9.17) is 16.3 Å². The molecule has 0 bridgehead atoms. The number of sulfonamides is 1. The van der Waals surface area contributed by atoms with Gasteiger partial charge in [-0.3, -0.25) is 9.52 Å². The van der Waals surface area contributed by atoms with Gasteiger partial charge in [0.2, 0.25) is 5.91 Å². The third-order valence-corrected chi connectivity index (χ3v) is 6.87. The number of halogens is 1. The third kappa shape index (κ3) is 6.92. The number of carbonyl (C=O) groups excluding carboxylic acids is 1. The van der Waals surface area contributed by atoms with E-state index >= 15 is 0 Å².